The smallest absolute Gasteiger partial charge is 0.163 e. The van der Waals surface area contributed by atoms with Gasteiger partial charge in [0, 0.05) is 17.5 Å². The number of Topliss-reactive ketones (excluding diaryl/α,β-unsaturated/α-hetero) is 1. The molecule has 1 nitrogen and oxygen atoms in total. The van der Waals surface area contributed by atoms with Gasteiger partial charge in [-0.15, -0.1) is 6.40 Å². The Hall–Kier alpha value is -1.55. The van der Waals surface area contributed by atoms with E-state index in [2.05, 4.69) is 26.2 Å². The zero-order valence-electron chi connectivity index (χ0n) is 10.1. The van der Waals surface area contributed by atoms with Crippen molar-refractivity contribution in [2.75, 3.05) is 0 Å². The van der Waals surface area contributed by atoms with Crippen molar-refractivity contribution in [3.8, 4) is 12.3 Å². The second-order valence-electron chi connectivity index (χ2n) is 4.69. The molecule has 0 atom stereocenters. The van der Waals surface area contributed by atoms with Gasteiger partial charge in [-0.2, -0.15) is 0 Å². The Morgan fingerprint density at radius 3 is 3.07 bits per heavy atom. The average Bonchev–Trinajstić information content (AvgIpc) is 2.25. The highest BCUT2D eigenvalue weighted by Gasteiger charge is 2.31. The van der Waals surface area contributed by atoms with Crippen LogP contribution in [-0.2, 0) is 5.41 Å². The van der Waals surface area contributed by atoms with E-state index in [0.29, 0.717) is 6.42 Å². The van der Waals surface area contributed by atoms with Crippen molar-refractivity contribution in [1.82, 2.24) is 0 Å². The number of benzene rings is 1. The number of carbonyl (C=O) groups excluding carboxylic acids is 1. The lowest BCUT2D eigenvalue weighted by atomic mass is 9.72. The Morgan fingerprint density at radius 1 is 1.53 bits per heavy atom. The number of hydrogen-bond donors (Lipinski definition) is 0. The first kappa shape index (κ1) is 8.73. The zero-order valence-corrected chi connectivity index (χ0v) is 9.05. The zero-order chi connectivity index (χ0) is 11.8. The van der Waals surface area contributed by atoms with Gasteiger partial charge in [0.1, 0.15) is 1.37 Å². The molecule has 76 valence electrons. The van der Waals surface area contributed by atoms with Crippen LogP contribution in [0.4, 0.5) is 0 Å². The minimum absolute atomic E-state index is 0.0307. The second kappa shape index (κ2) is 3.24. The van der Waals surface area contributed by atoms with Crippen LogP contribution in [0.2, 0.25) is 0 Å². The first-order chi connectivity index (χ1) is 7.54. The maximum absolute atomic E-state index is 11.8. The van der Waals surface area contributed by atoms with Crippen molar-refractivity contribution < 1.29 is 6.17 Å². The fourth-order valence-corrected chi connectivity index (χ4v) is 2.12. The SMILES string of the molecule is [3H]C#Cc1ccc2c(c1)C(C)(C)CCC2=O. The molecule has 1 aromatic rings. The Morgan fingerprint density at radius 2 is 2.33 bits per heavy atom. The molecule has 1 aliphatic carbocycles. The molecule has 1 aliphatic rings. The van der Waals surface area contributed by atoms with Crippen LogP contribution in [0.1, 0.15) is 49.5 Å². The number of rotatable bonds is 0. The van der Waals surface area contributed by atoms with Gasteiger partial charge in [0.2, 0.25) is 0 Å². The molecule has 0 saturated carbocycles. The minimum Gasteiger partial charge on any atom is -0.294 e. The largest absolute Gasteiger partial charge is 0.294 e. The van der Waals surface area contributed by atoms with Crippen LogP contribution in [-0.4, -0.2) is 5.78 Å². The van der Waals surface area contributed by atoms with Gasteiger partial charge in [-0.1, -0.05) is 19.8 Å². The molecule has 0 saturated heterocycles. The summed E-state index contributed by atoms with van der Waals surface area (Å²) in [6, 6.07) is 5.62. The molecule has 2 rings (SSSR count). The van der Waals surface area contributed by atoms with E-state index in [4.69, 9.17) is 1.37 Å². The summed E-state index contributed by atoms with van der Waals surface area (Å²) < 4.78 is 6.89. The topological polar surface area (TPSA) is 17.1 Å². The van der Waals surface area contributed by atoms with Gasteiger partial charge in [-0.3, -0.25) is 4.79 Å². The van der Waals surface area contributed by atoms with Gasteiger partial charge in [-0.05, 0) is 35.6 Å². The van der Waals surface area contributed by atoms with Crippen LogP contribution in [0, 0.1) is 12.3 Å². The molecule has 0 fully saturated rings. The first-order valence-electron chi connectivity index (χ1n) is 5.65. The van der Waals surface area contributed by atoms with Crippen molar-refractivity contribution in [1.29, 1.82) is 0 Å². The lowest BCUT2D eigenvalue weighted by Crippen LogP contribution is -2.27. The molecule has 0 radical (unpaired) electrons. The standard InChI is InChI=1S/C14H14O/c1-4-10-5-6-11-12(9-10)14(2,3)8-7-13(11)15/h1,5-6,9H,7-8H2,2-3H3/i1T. The highest BCUT2D eigenvalue weighted by molar-refractivity contribution is 5.99. The molecule has 0 aliphatic heterocycles. The summed E-state index contributed by atoms with van der Waals surface area (Å²) in [5.41, 5.74) is 2.75. The third-order valence-corrected chi connectivity index (χ3v) is 3.17. The van der Waals surface area contributed by atoms with Crippen LogP contribution < -0.4 is 0 Å². The van der Waals surface area contributed by atoms with E-state index in [0.717, 1.165) is 23.1 Å². The molecular formula is C14H14O. The maximum atomic E-state index is 11.8. The summed E-state index contributed by atoms with van der Waals surface area (Å²) in [4.78, 5) is 11.8. The Balaban J connectivity index is 2.60. The summed E-state index contributed by atoms with van der Waals surface area (Å²) in [5.74, 6) is 2.94. The van der Waals surface area contributed by atoms with Crippen molar-refractivity contribution in [2.24, 2.45) is 0 Å². The van der Waals surface area contributed by atoms with Crippen molar-refractivity contribution in [3.63, 3.8) is 0 Å². The van der Waals surface area contributed by atoms with E-state index in [1.807, 2.05) is 18.2 Å². The molecule has 0 bridgehead atoms. The number of carbonyl (C=O) groups is 1. The number of hydrogen-bond acceptors (Lipinski definition) is 1. The van der Waals surface area contributed by atoms with Crippen molar-refractivity contribution in [2.45, 2.75) is 32.1 Å². The van der Waals surface area contributed by atoms with Crippen LogP contribution >= 0.6 is 0 Å². The molecule has 0 aromatic heterocycles. The third-order valence-electron chi connectivity index (χ3n) is 3.17. The van der Waals surface area contributed by atoms with E-state index in [1.165, 1.54) is 0 Å². The molecule has 0 unspecified atom stereocenters. The van der Waals surface area contributed by atoms with E-state index >= 15 is 0 Å². The minimum atomic E-state index is 0.0307. The summed E-state index contributed by atoms with van der Waals surface area (Å²) in [6.07, 6.45) is 3.66. The lowest BCUT2D eigenvalue weighted by Gasteiger charge is -2.31. The van der Waals surface area contributed by atoms with Crippen LogP contribution in [0.25, 0.3) is 0 Å². The number of ketones is 1. The van der Waals surface area contributed by atoms with E-state index < -0.39 is 0 Å². The molecule has 0 spiro atoms. The van der Waals surface area contributed by atoms with Gasteiger partial charge in [-0.25, -0.2) is 0 Å². The molecule has 1 heteroatoms. The lowest BCUT2D eigenvalue weighted by molar-refractivity contribution is 0.0957. The quantitative estimate of drug-likeness (QED) is 0.588. The predicted molar refractivity (Wildman–Crippen MR) is 61.0 cm³/mol. The fourth-order valence-electron chi connectivity index (χ4n) is 2.12. The molecular weight excluding hydrogens is 184 g/mol. The van der Waals surface area contributed by atoms with Gasteiger partial charge in [0.15, 0.2) is 5.78 Å². The van der Waals surface area contributed by atoms with E-state index in [1.54, 1.807) is 0 Å². The summed E-state index contributed by atoms with van der Waals surface area (Å²) in [5, 5.41) is 0. The van der Waals surface area contributed by atoms with E-state index in [9.17, 15) is 4.79 Å². The molecule has 15 heavy (non-hydrogen) atoms. The molecule has 0 N–H and O–H groups in total. The summed E-state index contributed by atoms with van der Waals surface area (Å²) in [6.45, 7) is 4.30. The maximum Gasteiger partial charge on any atom is 0.163 e. The third kappa shape index (κ3) is 1.57. The normalized spacial score (nSPS) is 18.5. The Kier molecular flexibility index (Phi) is 1.89. The number of fused-ring (bicyclic) bond motifs is 1. The van der Waals surface area contributed by atoms with Crippen molar-refractivity contribution >= 4 is 5.78 Å². The average molecular weight is 200 g/mol. The van der Waals surface area contributed by atoms with Gasteiger partial charge in [0.05, 0.1) is 0 Å². The van der Waals surface area contributed by atoms with Gasteiger partial charge >= 0.3 is 0 Å². The highest BCUT2D eigenvalue weighted by Crippen LogP contribution is 2.36. The van der Waals surface area contributed by atoms with Crippen LogP contribution in [0.5, 0.6) is 0 Å². The van der Waals surface area contributed by atoms with E-state index in [-0.39, 0.29) is 11.2 Å². The van der Waals surface area contributed by atoms with Gasteiger partial charge in [0.25, 0.3) is 0 Å². The molecule has 0 heterocycles. The Bertz CT molecular complexity index is 503. The second-order valence-corrected chi connectivity index (χ2v) is 4.69. The predicted octanol–water partition coefficient (Wildman–Crippen LogP) is 2.92. The molecule has 1 aromatic carbocycles. The molecule has 0 amide bonds. The fraction of sp³-hybridized carbons (Fsp3) is 0.357. The highest BCUT2D eigenvalue weighted by atomic mass is 16.1. The van der Waals surface area contributed by atoms with Crippen molar-refractivity contribution in [3.05, 3.63) is 34.9 Å². The van der Waals surface area contributed by atoms with Gasteiger partial charge < -0.3 is 0 Å². The summed E-state index contributed by atoms with van der Waals surface area (Å²) >= 11 is 0. The Labute approximate surface area is 91.9 Å². The monoisotopic (exact) mass is 200 g/mol. The van der Waals surface area contributed by atoms with Crippen LogP contribution in [0.3, 0.4) is 0 Å². The number of terminal acetylenes is 1. The van der Waals surface area contributed by atoms with Crippen LogP contribution in [0.15, 0.2) is 18.2 Å². The first-order valence-corrected chi connectivity index (χ1v) is 5.15. The summed E-state index contributed by atoms with van der Waals surface area (Å²) in [7, 11) is 0.